The third-order valence-corrected chi connectivity index (χ3v) is 3.05. The van der Waals surface area contributed by atoms with E-state index in [4.69, 9.17) is 5.73 Å². The molecule has 0 aromatic carbocycles. The van der Waals surface area contributed by atoms with Crippen LogP contribution in [-0.4, -0.2) is 21.3 Å². The fraction of sp³-hybridized carbons (Fsp3) is 0.417. The molecule has 3 N–H and O–H groups in total. The first-order valence-electron chi connectivity index (χ1n) is 5.54. The first kappa shape index (κ1) is 11.0. The second kappa shape index (κ2) is 4.53. The van der Waals surface area contributed by atoms with Gasteiger partial charge in [-0.15, -0.1) is 0 Å². The Kier molecular flexibility index (Phi) is 3.10. The lowest BCUT2D eigenvalue weighted by Crippen LogP contribution is -2.06. The van der Waals surface area contributed by atoms with E-state index in [-0.39, 0.29) is 0 Å². The molecule has 4 heteroatoms. The summed E-state index contributed by atoms with van der Waals surface area (Å²) in [5.41, 5.74) is 10.5. The summed E-state index contributed by atoms with van der Waals surface area (Å²) >= 11 is 0. The lowest BCUT2D eigenvalue weighted by Gasteiger charge is -2.05. The third-order valence-electron chi connectivity index (χ3n) is 3.05. The molecular weight excluding hydrogens is 200 g/mol. The number of rotatable bonds is 4. The van der Waals surface area contributed by atoms with Crippen molar-refractivity contribution >= 4 is 0 Å². The van der Waals surface area contributed by atoms with Crippen molar-refractivity contribution in [2.45, 2.75) is 19.8 Å². The van der Waals surface area contributed by atoms with E-state index >= 15 is 0 Å². The van der Waals surface area contributed by atoms with Crippen LogP contribution in [-0.2, 0) is 19.9 Å². The van der Waals surface area contributed by atoms with Gasteiger partial charge in [-0.05, 0) is 31.2 Å². The maximum Gasteiger partial charge on any atom is 0.0526 e. The SMILES string of the molecule is Cc1ccc(Cc2cn[nH]c2CCN)n1C. The molecule has 2 rings (SSSR count). The smallest absolute Gasteiger partial charge is 0.0526 e. The van der Waals surface area contributed by atoms with Crippen molar-refractivity contribution < 1.29 is 0 Å². The molecule has 16 heavy (non-hydrogen) atoms. The van der Waals surface area contributed by atoms with Crippen LogP contribution < -0.4 is 5.73 Å². The number of nitrogens with two attached hydrogens (primary N) is 1. The zero-order valence-corrected chi connectivity index (χ0v) is 9.83. The highest BCUT2D eigenvalue weighted by atomic mass is 15.1. The molecular formula is C12H18N4. The Morgan fingerprint density at radius 3 is 2.88 bits per heavy atom. The topological polar surface area (TPSA) is 59.6 Å². The monoisotopic (exact) mass is 218 g/mol. The molecule has 0 spiro atoms. The summed E-state index contributed by atoms with van der Waals surface area (Å²) in [4.78, 5) is 0. The molecule has 0 fully saturated rings. The molecule has 2 aromatic rings. The molecule has 0 aliphatic heterocycles. The number of aromatic nitrogens is 3. The minimum Gasteiger partial charge on any atom is -0.352 e. The highest BCUT2D eigenvalue weighted by Gasteiger charge is 2.08. The van der Waals surface area contributed by atoms with Crippen molar-refractivity contribution in [1.82, 2.24) is 14.8 Å². The van der Waals surface area contributed by atoms with Gasteiger partial charge in [0.2, 0.25) is 0 Å². The largest absolute Gasteiger partial charge is 0.352 e. The van der Waals surface area contributed by atoms with Crippen molar-refractivity contribution in [3.05, 3.63) is 41.0 Å². The molecule has 2 heterocycles. The second-order valence-corrected chi connectivity index (χ2v) is 4.11. The first-order chi connectivity index (χ1) is 7.72. The predicted molar refractivity (Wildman–Crippen MR) is 64.3 cm³/mol. The molecule has 4 nitrogen and oxygen atoms in total. The summed E-state index contributed by atoms with van der Waals surface area (Å²) in [5.74, 6) is 0. The van der Waals surface area contributed by atoms with Gasteiger partial charge in [-0.1, -0.05) is 0 Å². The Labute approximate surface area is 95.5 Å². The molecule has 86 valence electrons. The van der Waals surface area contributed by atoms with Crippen molar-refractivity contribution in [2.75, 3.05) is 6.54 Å². The van der Waals surface area contributed by atoms with Crippen LogP contribution in [0, 0.1) is 6.92 Å². The summed E-state index contributed by atoms with van der Waals surface area (Å²) in [7, 11) is 2.09. The van der Waals surface area contributed by atoms with Gasteiger partial charge in [0.15, 0.2) is 0 Å². The van der Waals surface area contributed by atoms with E-state index in [9.17, 15) is 0 Å². The number of hydrogen-bond donors (Lipinski definition) is 2. The molecule has 0 radical (unpaired) electrons. The molecule has 0 atom stereocenters. The van der Waals surface area contributed by atoms with Gasteiger partial charge in [-0.3, -0.25) is 5.10 Å². The second-order valence-electron chi connectivity index (χ2n) is 4.11. The van der Waals surface area contributed by atoms with Gasteiger partial charge in [0.05, 0.1) is 6.20 Å². The zero-order valence-electron chi connectivity index (χ0n) is 9.83. The van der Waals surface area contributed by atoms with Crippen molar-refractivity contribution in [3.63, 3.8) is 0 Å². The number of hydrogen-bond acceptors (Lipinski definition) is 2. The lowest BCUT2D eigenvalue weighted by molar-refractivity contribution is 0.812. The van der Waals surface area contributed by atoms with Gasteiger partial charge in [0.25, 0.3) is 0 Å². The van der Waals surface area contributed by atoms with Crippen LogP contribution in [0.3, 0.4) is 0 Å². The molecule has 0 aliphatic rings. The Hall–Kier alpha value is -1.55. The molecule has 0 aliphatic carbocycles. The molecule has 0 bridgehead atoms. The Bertz CT molecular complexity index is 467. The van der Waals surface area contributed by atoms with Crippen molar-refractivity contribution in [3.8, 4) is 0 Å². The average Bonchev–Trinajstić information content (AvgIpc) is 2.82. The first-order valence-corrected chi connectivity index (χ1v) is 5.54. The molecule has 0 unspecified atom stereocenters. The Morgan fingerprint density at radius 1 is 1.44 bits per heavy atom. The summed E-state index contributed by atoms with van der Waals surface area (Å²) in [6.45, 7) is 2.76. The fourth-order valence-electron chi connectivity index (χ4n) is 1.89. The molecule has 0 saturated heterocycles. The van der Waals surface area contributed by atoms with E-state index in [0.29, 0.717) is 6.54 Å². The summed E-state index contributed by atoms with van der Waals surface area (Å²) in [6, 6.07) is 4.30. The van der Waals surface area contributed by atoms with E-state index < -0.39 is 0 Å². The van der Waals surface area contributed by atoms with Crippen LogP contribution in [0.2, 0.25) is 0 Å². The van der Waals surface area contributed by atoms with Gasteiger partial charge < -0.3 is 10.3 Å². The van der Waals surface area contributed by atoms with Crippen LogP contribution in [0.15, 0.2) is 18.3 Å². The van der Waals surface area contributed by atoms with Gasteiger partial charge in [0.1, 0.15) is 0 Å². The zero-order chi connectivity index (χ0) is 11.5. The van der Waals surface area contributed by atoms with Crippen LogP contribution in [0.25, 0.3) is 0 Å². The Morgan fingerprint density at radius 2 is 2.25 bits per heavy atom. The normalized spacial score (nSPS) is 10.9. The molecule has 0 saturated carbocycles. The van der Waals surface area contributed by atoms with Crippen molar-refractivity contribution in [1.29, 1.82) is 0 Å². The third kappa shape index (κ3) is 2.02. The number of H-pyrrole nitrogens is 1. The van der Waals surface area contributed by atoms with Crippen LogP contribution in [0.4, 0.5) is 0 Å². The number of nitrogens with zero attached hydrogens (tertiary/aromatic N) is 2. The van der Waals surface area contributed by atoms with Gasteiger partial charge in [0, 0.05) is 37.0 Å². The number of nitrogens with one attached hydrogen (secondary N) is 1. The standard InChI is InChI=1S/C12H18N4/c1-9-3-4-11(16(9)2)7-10-8-14-15-12(10)5-6-13/h3-4,8H,5-7,13H2,1-2H3,(H,14,15). The lowest BCUT2D eigenvalue weighted by atomic mass is 10.1. The van der Waals surface area contributed by atoms with E-state index in [2.05, 4.69) is 40.9 Å². The minimum atomic E-state index is 0.654. The van der Waals surface area contributed by atoms with Gasteiger partial charge in [-0.2, -0.15) is 5.10 Å². The van der Waals surface area contributed by atoms with Gasteiger partial charge >= 0.3 is 0 Å². The van der Waals surface area contributed by atoms with Crippen LogP contribution >= 0.6 is 0 Å². The van der Waals surface area contributed by atoms with Crippen LogP contribution in [0.1, 0.15) is 22.6 Å². The minimum absolute atomic E-state index is 0.654. The van der Waals surface area contributed by atoms with Crippen molar-refractivity contribution in [2.24, 2.45) is 12.8 Å². The summed E-state index contributed by atoms with van der Waals surface area (Å²) in [6.07, 6.45) is 3.67. The van der Waals surface area contributed by atoms with E-state index in [1.807, 2.05) is 6.20 Å². The fourth-order valence-corrected chi connectivity index (χ4v) is 1.89. The summed E-state index contributed by atoms with van der Waals surface area (Å²) in [5, 5.41) is 7.10. The highest BCUT2D eigenvalue weighted by Crippen LogP contribution is 2.14. The van der Waals surface area contributed by atoms with E-state index in [1.54, 1.807) is 0 Å². The van der Waals surface area contributed by atoms with Gasteiger partial charge in [-0.25, -0.2) is 0 Å². The van der Waals surface area contributed by atoms with E-state index in [0.717, 1.165) is 18.5 Å². The maximum absolute atomic E-state index is 5.56. The predicted octanol–water partition coefficient (Wildman–Crippen LogP) is 1.15. The quantitative estimate of drug-likeness (QED) is 0.808. The van der Waals surface area contributed by atoms with E-state index in [1.165, 1.54) is 17.0 Å². The number of aromatic amines is 1. The maximum atomic E-state index is 5.56. The molecule has 0 amide bonds. The number of aryl methyl sites for hydroxylation is 1. The molecule has 2 aromatic heterocycles. The highest BCUT2D eigenvalue weighted by molar-refractivity contribution is 5.26. The summed E-state index contributed by atoms with van der Waals surface area (Å²) < 4.78 is 2.21. The average molecular weight is 218 g/mol. The Balaban J connectivity index is 2.20. The van der Waals surface area contributed by atoms with Crippen LogP contribution in [0.5, 0.6) is 0 Å².